The lowest BCUT2D eigenvalue weighted by molar-refractivity contribution is 0.0827. The number of benzene rings is 2. The summed E-state index contributed by atoms with van der Waals surface area (Å²) in [6.45, 7) is 3.93. The number of guanidine groups is 1. The Morgan fingerprint density at radius 1 is 1.00 bits per heavy atom. The molecule has 0 bridgehead atoms. The van der Waals surface area contributed by atoms with Crippen LogP contribution in [0.25, 0.3) is 0 Å². The number of methoxy groups -OCH3 is 1. The van der Waals surface area contributed by atoms with Crippen LogP contribution in [0.1, 0.15) is 34.8 Å². The van der Waals surface area contributed by atoms with E-state index in [1.54, 1.807) is 33.2 Å². The van der Waals surface area contributed by atoms with E-state index in [2.05, 4.69) is 22.5 Å². The van der Waals surface area contributed by atoms with Gasteiger partial charge in [0.15, 0.2) is 17.5 Å². The van der Waals surface area contributed by atoms with Crippen LogP contribution in [0.3, 0.4) is 0 Å². The maximum Gasteiger partial charge on any atom is 0.253 e. The molecule has 0 saturated heterocycles. The van der Waals surface area contributed by atoms with Crippen molar-refractivity contribution in [2.45, 2.75) is 26.4 Å². The lowest BCUT2D eigenvalue weighted by Crippen LogP contribution is -2.36. The maximum absolute atomic E-state index is 12.0. The van der Waals surface area contributed by atoms with Gasteiger partial charge in [0, 0.05) is 39.8 Å². The van der Waals surface area contributed by atoms with Gasteiger partial charge in [0.1, 0.15) is 0 Å². The molecule has 0 unspecified atom stereocenters. The highest BCUT2D eigenvalue weighted by Gasteiger charge is 2.08. The first kappa shape index (κ1) is 26.5. The number of nitrogens with zero attached hydrogens (tertiary/aromatic N) is 2. The molecule has 0 heterocycles. The SMILES string of the molecule is CCCOc1ccc(CNC(=NC)NCc2ccc(C(=O)N(C)C)cc2)cc1OC.I. The minimum absolute atomic E-state index is 0. The smallest absolute Gasteiger partial charge is 0.253 e. The summed E-state index contributed by atoms with van der Waals surface area (Å²) in [6.07, 6.45) is 0.948. The highest BCUT2D eigenvalue weighted by molar-refractivity contribution is 14.0. The van der Waals surface area contributed by atoms with Crippen LogP contribution in [-0.2, 0) is 13.1 Å². The van der Waals surface area contributed by atoms with Crippen LogP contribution in [0, 0.1) is 0 Å². The van der Waals surface area contributed by atoms with Crippen LogP contribution < -0.4 is 20.1 Å². The molecule has 0 fully saturated rings. The van der Waals surface area contributed by atoms with Crippen molar-refractivity contribution >= 4 is 35.8 Å². The van der Waals surface area contributed by atoms with E-state index >= 15 is 0 Å². The van der Waals surface area contributed by atoms with E-state index < -0.39 is 0 Å². The van der Waals surface area contributed by atoms with Gasteiger partial charge in [-0.15, -0.1) is 24.0 Å². The average Bonchev–Trinajstić information content (AvgIpc) is 2.77. The van der Waals surface area contributed by atoms with Gasteiger partial charge in [0.05, 0.1) is 13.7 Å². The Balaban J connectivity index is 0.00000480. The van der Waals surface area contributed by atoms with Crippen molar-refractivity contribution in [1.82, 2.24) is 15.5 Å². The van der Waals surface area contributed by atoms with Crippen molar-refractivity contribution in [3.05, 3.63) is 59.2 Å². The highest BCUT2D eigenvalue weighted by Crippen LogP contribution is 2.28. The summed E-state index contributed by atoms with van der Waals surface area (Å²) in [5.74, 6) is 2.15. The van der Waals surface area contributed by atoms with Gasteiger partial charge < -0.3 is 25.0 Å². The van der Waals surface area contributed by atoms with E-state index in [0.29, 0.717) is 31.2 Å². The molecule has 0 saturated carbocycles. The van der Waals surface area contributed by atoms with Crippen molar-refractivity contribution in [3.63, 3.8) is 0 Å². The van der Waals surface area contributed by atoms with E-state index in [1.165, 1.54) is 0 Å². The lowest BCUT2D eigenvalue weighted by atomic mass is 10.1. The fourth-order valence-corrected chi connectivity index (χ4v) is 2.77. The van der Waals surface area contributed by atoms with E-state index in [9.17, 15) is 4.79 Å². The number of amides is 1. The molecule has 0 aliphatic heterocycles. The summed E-state index contributed by atoms with van der Waals surface area (Å²) < 4.78 is 11.1. The van der Waals surface area contributed by atoms with Crippen molar-refractivity contribution in [2.24, 2.45) is 4.99 Å². The second kappa shape index (κ2) is 13.7. The summed E-state index contributed by atoms with van der Waals surface area (Å²) in [7, 11) is 6.86. The molecule has 2 N–H and O–H groups in total. The zero-order valence-electron chi connectivity index (χ0n) is 18.9. The fraction of sp³-hybridized carbons (Fsp3) is 0.391. The molecule has 0 spiro atoms. The molecule has 170 valence electrons. The number of nitrogens with one attached hydrogen (secondary N) is 2. The van der Waals surface area contributed by atoms with E-state index in [0.717, 1.165) is 29.0 Å². The molecule has 8 heteroatoms. The topological polar surface area (TPSA) is 75.2 Å². The monoisotopic (exact) mass is 540 g/mol. The van der Waals surface area contributed by atoms with Gasteiger partial charge in [-0.2, -0.15) is 0 Å². The van der Waals surface area contributed by atoms with Crippen LogP contribution in [-0.4, -0.2) is 51.6 Å². The van der Waals surface area contributed by atoms with E-state index in [-0.39, 0.29) is 29.9 Å². The predicted molar refractivity (Wildman–Crippen MR) is 136 cm³/mol. The highest BCUT2D eigenvalue weighted by atomic mass is 127. The molecule has 0 radical (unpaired) electrons. The summed E-state index contributed by atoms with van der Waals surface area (Å²) in [5.41, 5.74) is 2.80. The molecule has 2 aromatic carbocycles. The number of carbonyl (C=O) groups is 1. The first-order valence-electron chi connectivity index (χ1n) is 10.0. The molecule has 0 aliphatic rings. The second-order valence-electron chi connectivity index (χ2n) is 7.01. The summed E-state index contributed by atoms with van der Waals surface area (Å²) in [5, 5.41) is 6.58. The van der Waals surface area contributed by atoms with Gasteiger partial charge in [-0.3, -0.25) is 9.79 Å². The molecular formula is C23H33IN4O3. The molecule has 2 aromatic rings. The summed E-state index contributed by atoms with van der Waals surface area (Å²) in [6, 6.07) is 13.5. The molecule has 0 atom stereocenters. The van der Waals surface area contributed by atoms with Gasteiger partial charge in [-0.05, 0) is 41.8 Å². The largest absolute Gasteiger partial charge is 0.493 e. The Morgan fingerprint density at radius 3 is 2.16 bits per heavy atom. The number of halogens is 1. The Bertz CT molecular complexity index is 854. The molecule has 0 aliphatic carbocycles. The maximum atomic E-state index is 12.0. The van der Waals surface area contributed by atoms with Gasteiger partial charge in [0.25, 0.3) is 5.91 Å². The molecule has 1 amide bonds. The normalized spacial score (nSPS) is 10.7. The average molecular weight is 540 g/mol. The van der Waals surface area contributed by atoms with Crippen molar-refractivity contribution in [1.29, 1.82) is 0 Å². The third-order valence-electron chi connectivity index (χ3n) is 4.44. The fourth-order valence-electron chi connectivity index (χ4n) is 2.77. The predicted octanol–water partition coefficient (Wildman–Crippen LogP) is 3.67. The molecule has 31 heavy (non-hydrogen) atoms. The van der Waals surface area contributed by atoms with Crippen molar-refractivity contribution in [2.75, 3.05) is 34.9 Å². The number of ether oxygens (including phenoxy) is 2. The third-order valence-corrected chi connectivity index (χ3v) is 4.44. The van der Waals surface area contributed by atoms with E-state index in [1.807, 2.05) is 42.5 Å². The Labute approximate surface area is 202 Å². The molecule has 7 nitrogen and oxygen atoms in total. The van der Waals surface area contributed by atoms with E-state index in [4.69, 9.17) is 9.47 Å². The Hall–Kier alpha value is -2.49. The zero-order chi connectivity index (χ0) is 21.9. The van der Waals surface area contributed by atoms with Crippen LogP contribution in [0.2, 0.25) is 0 Å². The number of hydrogen-bond donors (Lipinski definition) is 2. The molecule has 2 rings (SSSR count). The Kier molecular flexibility index (Phi) is 11.8. The molecule has 0 aromatic heterocycles. The number of carbonyl (C=O) groups excluding carboxylic acids is 1. The minimum atomic E-state index is -0.00599. The van der Waals surface area contributed by atoms with Crippen LogP contribution in [0.4, 0.5) is 0 Å². The number of aliphatic imine (C=N–C) groups is 1. The third kappa shape index (κ3) is 8.28. The quantitative estimate of drug-likeness (QED) is 0.289. The first-order valence-corrected chi connectivity index (χ1v) is 10.0. The van der Waals surface area contributed by atoms with Gasteiger partial charge in [-0.25, -0.2) is 0 Å². The molecular weight excluding hydrogens is 507 g/mol. The van der Waals surface area contributed by atoms with Gasteiger partial charge >= 0.3 is 0 Å². The van der Waals surface area contributed by atoms with Crippen LogP contribution in [0.5, 0.6) is 11.5 Å². The standard InChI is InChI=1S/C23H32N4O3.HI/c1-6-13-30-20-12-9-18(14-21(20)29-5)16-26-23(24-2)25-15-17-7-10-19(11-8-17)22(28)27(3)4;/h7-12,14H,6,13,15-16H2,1-5H3,(H2,24,25,26);1H. The number of hydrogen-bond acceptors (Lipinski definition) is 4. The number of rotatable bonds is 9. The van der Waals surface area contributed by atoms with Gasteiger partial charge in [0.2, 0.25) is 0 Å². The van der Waals surface area contributed by atoms with Crippen molar-refractivity contribution in [3.8, 4) is 11.5 Å². The summed E-state index contributed by atoms with van der Waals surface area (Å²) in [4.78, 5) is 17.8. The second-order valence-corrected chi connectivity index (χ2v) is 7.01. The minimum Gasteiger partial charge on any atom is -0.493 e. The van der Waals surface area contributed by atoms with Crippen molar-refractivity contribution < 1.29 is 14.3 Å². The zero-order valence-corrected chi connectivity index (χ0v) is 21.2. The Morgan fingerprint density at radius 2 is 1.61 bits per heavy atom. The van der Waals surface area contributed by atoms with Crippen LogP contribution >= 0.6 is 24.0 Å². The van der Waals surface area contributed by atoms with Gasteiger partial charge in [-0.1, -0.05) is 25.1 Å². The summed E-state index contributed by atoms with van der Waals surface area (Å²) >= 11 is 0. The lowest BCUT2D eigenvalue weighted by Gasteiger charge is -2.15. The van der Waals surface area contributed by atoms with Crippen LogP contribution in [0.15, 0.2) is 47.5 Å². The first-order chi connectivity index (χ1) is 14.5.